The van der Waals surface area contributed by atoms with E-state index in [9.17, 15) is 9.90 Å². The molecule has 1 heterocycles. The molecule has 2 atom stereocenters. The molecular weight excluding hydrogens is 378 g/mol. The second kappa shape index (κ2) is 9.28. The largest absolute Gasteiger partial charge is 0.496 e. The lowest BCUT2D eigenvalue weighted by Gasteiger charge is -2.24. The maximum Gasteiger partial charge on any atom is 0.255 e. The van der Waals surface area contributed by atoms with Crippen molar-refractivity contribution in [2.45, 2.75) is 25.1 Å². The number of likely N-dealkylation sites (tertiary alicyclic amines) is 1. The van der Waals surface area contributed by atoms with Crippen molar-refractivity contribution in [1.82, 2.24) is 10.2 Å². The quantitative estimate of drug-likeness (QED) is 0.663. The molecular formula is C21H26ClN3O3. The van der Waals surface area contributed by atoms with Crippen LogP contribution in [0.2, 0.25) is 5.02 Å². The number of ether oxygens (including phenoxy) is 1. The number of benzene rings is 2. The molecule has 1 aliphatic rings. The van der Waals surface area contributed by atoms with E-state index < -0.39 is 0 Å². The normalized spacial score (nSPS) is 19.4. The number of hydrogen-bond acceptors (Lipinski definition) is 5. The van der Waals surface area contributed by atoms with Gasteiger partial charge in [0.25, 0.3) is 5.91 Å². The summed E-state index contributed by atoms with van der Waals surface area (Å²) in [6.45, 7) is 1.78. The number of methoxy groups -OCH3 is 1. The first kappa shape index (κ1) is 20.5. The molecule has 0 spiro atoms. The summed E-state index contributed by atoms with van der Waals surface area (Å²) >= 11 is 6.22. The fourth-order valence-corrected chi connectivity index (χ4v) is 3.84. The lowest BCUT2D eigenvalue weighted by atomic mass is 10.1. The highest BCUT2D eigenvalue weighted by Crippen LogP contribution is 2.30. The number of rotatable bonds is 7. The van der Waals surface area contributed by atoms with Gasteiger partial charge in [-0.25, -0.2) is 0 Å². The van der Waals surface area contributed by atoms with Gasteiger partial charge in [0.15, 0.2) is 0 Å². The second-order valence-corrected chi connectivity index (χ2v) is 7.36. The molecule has 3 N–H and O–H groups in total. The number of nitrogens with one attached hydrogen (secondary N) is 2. The summed E-state index contributed by atoms with van der Waals surface area (Å²) in [6, 6.07) is 13.5. The average Bonchev–Trinajstić information content (AvgIpc) is 3.05. The zero-order valence-corrected chi connectivity index (χ0v) is 16.9. The molecule has 150 valence electrons. The van der Waals surface area contributed by atoms with Crippen LogP contribution in [-0.2, 0) is 6.54 Å². The molecule has 7 heteroatoms. The SMILES string of the molecule is CNc1cc(OC)c(C(=O)NC[C@H]2C[C@@H](O)CN2Cc2ccccc2)cc1Cl. The molecule has 0 bridgehead atoms. The molecule has 1 fully saturated rings. The van der Waals surface area contributed by atoms with Gasteiger partial charge in [-0.15, -0.1) is 0 Å². The van der Waals surface area contributed by atoms with Gasteiger partial charge in [-0.05, 0) is 18.1 Å². The smallest absolute Gasteiger partial charge is 0.255 e. The van der Waals surface area contributed by atoms with Crippen molar-refractivity contribution in [3.63, 3.8) is 0 Å². The number of anilines is 1. The molecule has 0 aromatic heterocycles. The van der Waals surface area contributed by atoms with Crippen LogP contribution in [-0.4, -0.2) is 55.3 Å². The molecule has 1 aliphatic heterocycles. The third-order valence-corrected chi connectivity index (χ3v) is 5.35. The minimum atomic E-state index is -0.385. The summed E-state index contributed by atoms with van der Waals surface area (Å²) in [6.07, 6.45) is 0.244. The van der Waals surface area contributed by atoms with Crippen LogP contribution in [0.3, 0.4) is 0 Å². The van der Waals surface area contributed by atoms with Crippen LogP contribution >= 0.6 is 11.6 Å². The predicted molar refractivity (Wildman–Crippen MR) is 111 cm³/mol. The molecule has 2 aromatic carbocycles. The summed E-state index contributed by atoms with van der Waals surface area (Å²) in [5.74, 6) is 0.210. The van der Waals surface area contributed by atoms with Crippen molar-refractivity contribution in [3.05, 3.63) is 58.6 Å². The molecule has 3 rings (SSSR count). The fourth-order valence-electron chi connectivity index (χ4n) is 3.58. The molecule has 0 radical (unpaired) electrons. The van der Waals surface area contributed by atoms with E-state index in [4.69, 9.17) is 16.3 Å². The highest BCUT2D eigenvalue weighted by atomic mass is 35.5. The molecule has 0 unspecified atom stereocenters. The Morgan fingerprint density at radius 2 is 2.07 bits per heavy atom. The Hall–Kier alpha value is -2.28. The number of aliphatic hydroxyl groups excluding tert-OH is 1. The fraction of sp³-hybridized carbons (Fsp3) is 0.381. The minimum absolute atomic E-state index is 0.0669. The van der Waals surface area contributed by atoms with Crippen LogP contribution < -0.4 is 15.4 Å². The third kappa shape index (κ3) is 4.76. The van der Waals surface area contributed by atoms with E-state index in [2.05, 4.69) is 27.7 Å². The van der Waals surface area contributed by atoms with E-state index >= 15 is 0 Å². The van der Waals surface area contributed by atoms with Crippen LogP contribution in [0, 0.1) is 0 Å². The number of carbonyl (C=O) groups excluding carboxylic acids is 1. The molecule has 6 nitrogen and oxygen atoms in total. The molecule has 1 amide bonds. The number of nitrogens with zero attached hydrogens (tertiary/aromatic N) is 1. The van der Waals surface area contributed by atoms with Crippen LogP contribution in [0.15, 0.2) is 42.5 Å². The Labute approximate surface area is 170 Å². The standard InChI is InChI=1S/C21H26ClN3O3/c1-23-19-10-20(28-2)17(9-18(19)22)21(27)24-11-15-8-16(26)13-25(15)12-14-6-4-3-5-7-14/h3-7,9-10,15-16,23,26H,8,11-13H2,1-2H3,(H,24,27)/t15-,16-/m1/s1. The highest BCUT2D eigenvalue weighted by molar-refractivity contribution is 6.33. The molecule has 0 aliphatic carbocycles. The summed E-state index contributed by atoms with van der Waals surface area (Å²) in [7, 11) is 3.28. The Morgan fingerprint density at radius 3 is 2.75 bits per heavy atom. The monoisotopic (exact) mass is 403 g/mol. The van der Waals surface area contributed by atoms with Gasteiger partial charge in [0.2, 0.25) is 0 Å². The third-order valence-electron chi connectivity index (χ3n) is 5.04. The van der Waals surface area contributed by atoms with Crippen LogP contribution in [0.5, 0.6) is 5.75 Å². The summed E-state index contributed by atoms with van der Waals surface area (Å²) in [5, 5.41) is 16.5. The maximum absolute atomic E-state index is 12.7. The Kier molecular flexibility index (Phi) is 6.78. The lowest BCUT2D eigenvalue weighted by molar-refractivity contribution is 0.0937. The zero-order valence-electron chi connectivity index (χ0n) is 16.1. The first-order valence-corrected chi connectivity index (χ1v) is 9.69. The number of carbonyl (C=O) groups is 1. The first-order valence-electron chi connectivity index (χ1n) is 9.31. The summed E-state index contributed by atoms with van der Waals surface area (Å²) in [4.78, 5) is 14.9. The van der Waals surface area contributed by atoms with E-state index in [-0.39, 0.29) is 18.1 Å². The van der Waals surface area contributed by atoms with Crippen molar-refractivity contribution in [2.75, 3.05) is 32.6 Å². The van der Waals surface area contributed by atoms with Gasteiger partial charge in [-0.3, -0.25) is 9.69 Å². The van der Waals surface area contributed by atoms with Gasteiger partial charge in [-0.1, -0.05) is 41.9 Å². The van der Waals surface area contributed by atoms with Gasteiger partial charge in [-0.2, -0.15) is 0 Å². The molecule has 0 saturated carbocycles. The number of amides is 1. The maximum atomic E-state index is 12.7. The van der Waals surface area contributed by atoms with Crippen molar-refractivity contribution in [2.24, 2.45) is 0 Å². The van der Waals surface area contributed by atoms with Gasteiger partial charge in [0.1, 0.15) is 5.75 Å². The Morgan fingerprint density at radius 1 is 1.32 bits per heavy atom. The lowest BCUT2D eigenvalue weighted by Crippen LogP contribution is -2.39. The average molecular weight is 404 g/mol. The van der Waals surface area contributed by atoms with E-state index in [1.165, 1.54) is 12.7 Å². The van der Waals surface area contributed by atoms with Crippen molar-refractivity contribution < 1.29 is 14.6 Å². The molecule has 2 aromatic rings. The van der Waals surface area contributed by atoms with Crippen LogP contribution in [0.1, 0.15) is 22.3 Å². The van der Waals surface area contributed by atoms with Crippen LogP contribution in [0.25, 0.3) is 0 Å². The minimum Gasteiger partial charge on any atom is -0.496 e. The van der Waals surface area contributed by atoms with Gasteiger partial charge in [0, 0.05) is 38.8 Å². The number of halogens is 1. The van der Waals surface area contributed by atoms with Gasteiger partial charge < -0.3 is 20.5 Å². The number of hydrogen-bond donors (Lipinski definition) is 3. The first-order chi connectivity index (χ1) is 13.5. The van der Waals surface area contributed by atoms with E-state index in [0.29, 0.717) is 41.5 Å². The van der Waals surface area contributed by atoms with E-state index in [1.807, 2.05) is 18.2 Å². The van der Waals surface area contributed by atoms with Crippen molar-refractivity contribution in [3.8, 4) is 5.75 Å². The Bertz CT molecular complexity index is 816. The Balaban J connectivity index is 1.67. The van der Waals surface area contributed by atoms with Crippen molar-refractivity contribution >= 4 is 23.2 Å². The topological polar surface area (TPSA) is 73.8 Å². The molecule has 1 saturated heterocycles. The highest BCUT2D eigenvalue weighted by Gasteiger charge is 2.31. The van der Waals surface area contributed by atoms with Gasteiger partial charge >= 0.3 is 0 Å². The zero-order chi connectivity index (χ0) is 20.1. The van der Waals surface area contributed by atoms with Crippen LogP contribution in [0.4, 0.5) is 5.69 Å². The summed E-state index contributed by atoms with van der Waals surface area (Å²) < 4.78 is 5.34. The summed E-state index contributed by atoms with van der Waals surface area (Å²) in [5.41, 5.74) is 2.27. The van der Waals surface area contributed by atoms with Crippen molar-refractivity contribution in [1.29, 1.82) is 0 Å². The number of aliphatic hydroxyl groups is 1. The van der Waals surface area contributed by atoms with E-state index in [1.54, 1.807) is 19.2 Å². The number of β-amino-alcohol motifs (C(OH)–C–C–N with tert-alkyl or cyclic N) is 1. The second-order valence-electron chi connectivity index (χ2n) is 6.95. The predicted octanol–water partition coefficient (Wildman–Crippen LogP) is 2.76. The van der Waals surface area contributed by atoms with Gasteiger partial charge in [0.05, 0.1) is 29.5 Å². The molecule has 28 heavy (non-hydrogen) atoms. The van der Waals surface area contributed by atoms with E-state index in [0.717, 1.165) is 6.54 Å².